The summed E-state index contributed by atoms with van der Waals surface area (Å²) in [5.74, 6) is 0.864. The molecule has 0 amide bonds. The Bertz CT molecular complexity index is 660. The molecule has 2 aromatic rings. The fraction of sp³-hybridized carbons (Fsp3) is 0.444. The maximum atomic E-state index is 6.18. The Labute approximate surface area is 176 Å². The zero-order valence-electron chi connectivity index (χ0n) is 14.7. The quantitative estimate of drug-likeness (QED) is 0.248. The van der Waals surface area contributed by atoms with Crippen molar-refractivity contribution in [1.82, 2.24) is 15.6 Å². The SMILES string of the molecule is CCNC(=NCCCc1ccccc1Cl)NCCc1csc(C)n1.I. The van der Waals surface area contributed by atoms with Crippen molar-refractivity contribution in [1.29, 1.82) is 0 Å². The number of benzene rings is 1. The molecule has 0 bridgehead atoms. The van der Waals surface area contributed by atoms with Gasteiger partial charge in [0.25, 0.3) is 0 Å². The Balaban J connectivity index is 0.00000312. The van der Waals surface area contributed by atoms with Crippen molar-refractivity contribution in [2.75, 3.05) is 19.6 Å². The van der Waals surface area contributed by atoms with Gasteiger partial charge in [0.1, 0.15) is 0 Å². The van der Waals surface area contributed by atoms with Crippen LogP contribution in [-0.4, -0.2) is 30.6 Å². The van der Waals surface area contributed by atoms with Crippen LogP contribution < -0.4 is 10.6 Å². The topological polar surface area (TPSA) is 49.3 Å². The number of thiazole rings is 1. The Morgan fingerprint density at radius 1 is 1.24 bits per heavy atom. The van der Waals surface area contributed by atoms with Crippen molar-refractivity contribution in [3.8, 4) is 0 Å². The third-order valence-electron chi connectivity index (χ3n) is 3.52. The normalized spacial score (nSPS) is 11.1. The summed E-state index contributed by atoms with van der Waals surface area (Å²) in [4.78, 5) is 9.10. The van der Waals surface area contributed by atoms with E-state index in [-0.39, 0.29) is 24.0 Å². The first-order valence-corrected chi connectivity index (χ1v) is 9.61. The van der Waals surface area contributed by atoms with Gasteiger partial charge < -0.3 is 10.6 Å². The fourth-order valence-corrected chi connectivity index (χ4v) is 3.21. The molecule has 0 atom stereocenters. The minimum atomic E-state index is 0. The molecule has 2 N–H and O–H groups in total. The lowest BCUT2D eigenvalue weighted by Gasteiger charge is -2.10. The van der Waals surface area contributed by atoms with Crippen LogP contribution in [0, 0.1) is 6.92 Å². The van der Waals surface area contributed by atoms with Crippen LogP contribution in [0.25, 0.3) is 0 Å². The molecule has 1 heterocycles. The lowest BCUT2D eigenvalue weighted by molar-refractivity contribution is 0.771. The zero-order valence-corrected chi connectivity index (χ0v) is 18.6. The second-order valence-corrected chi connectivity index (χ2v) is 6.96. The first-order valence-electron chi connectivity index (χ1n) is 8.35. The molecular weight excluding hydrogens is 467 g/mol. The molecule has 25 heavy (non-hydrogen) atoms. The first-order chi connectivity index (χ1) is 11.7. The molecule has 0 aliphatic rings. The van der Waals surface area contributed by atoms with E-state index in [2.05, 4.69) is 39.0 Å². The molecule has 0 aliphatic heterocycles. The van der Waals surface area contributed by atoms with Crippen molar-refractivity contribution in [3.63, 3.8) is 0 Å². The third-order valence-corrected chi connectivity index (χ3v) is 4.71. The van der Waals surface area contributed by atoms with E-state index in [9.17, 15) is 0 Å². The second kappa shape index (κ2) is 12.5. The van der Waals surface area contributed by atoms with Gasteiger partial charge >= 0.3 is 0 Å². The lowest BCUT2D eigenvalue weighted by Crippen LogP contribution is -2.38. The molecule has 0 saturated carbocycles. The smallest absolute Gasteiger partial charge is 0.191 e. The van der Waals surface area contributed by atoms with Gasteiger partial charge in [0.05, 0.1) is 10.7 Å². The number of aryl methyl sites for hydroxylation is 2. The summed E-state index contributed by atoms with van der Waals surface area (Å²) in [6, 6.07) is 7.99. The van der Waals surface area contributed by atoms with Crippen molar-refractivity contribution in [2.45, 2.75) is 33.1 Å². The van der Waals surface area contributed by atoms with E-state index in [1.165, 1.54) is 5.56 Å². The number of nitrogens with one attached hydrogen (secondary N) is 2. The summed E-state index contributed by atoms with van der Waals surface area (Å²) < 4.78 is 0. The Morgan fingerprint density at radius 3 is 2.72 bits per heavy atom. The standard InChI is InChI=1S/C18H25ClN4S.HI/c1-3-20-18(22-12-10-16-13-24-14(2)23-16)21-11-6-8-15-7-4-5-9-17(15)19;/h4-5,7,9,13H,3,6,8,10-12H2,1-2H3,(H2,20,21,22);1H. The molecule has 0 spiro atoms. The number of hydrogen-bond acceptors (Lipinski definition) is 3. The minimum absolute atomic E-state index is 0. The molecule has 1 aromatic carbocycles. The van der Waals surface area contributed by atoms with Crippen LogP contribution >= 0.6 is 46.9 Å². The van der Waals surface area contributed by atoms with Gasteiger partial charge in [-0.3, -0.25) is 4.99 Å². The average Bonchev–Trinajstić information content (AvgIpc) is 2.98. The minimum Gasteiger partial charge on any atom is -0.357 e. The van der Waals surface area contributed by atoms with E-state index < -0.39 is 0 Å². The van der Waals surface area contributed by atoms with Crippen molar-refractivity contribution < 1.29 is 0 Å². The van der Waals surface area contributed by atoms with E-state index in [1.54, 1.807) is 11.3 Å². The second-order valence-electron chi connectivity index (χ2n) is 5.49. The van der Waals surface area contributed by atoms with E-state index >= 15 is 0 Å². The van der Waals surface area contributed by atoms with Gasteiger partial charge in [-0.05, 0) is 38.3 Å². The van der Waals surface area contributed by atoms with E-state index in [0.717, 1.165) is 60.6 Å². The third kappa shape index (κ3) is 8.37. The van der Waals surface area contributed by atoms with Gasteiger partial charge in [0.15, 0.2) is 5.96 Å². The lowest BCUT2D eigenvalue weighted by atomic mass is 10.1. The van der Waals surface area contributed by atoms with Gasteiger partial charge in [-0.1, -0.05) is 29.8 Å². The highest BCUT2D eigenvalue weighted by molar-refractivity contribution is 14.0. The number of rotatable bonds is 8. The molecule has 7 heteroatoms. The van der Waals surface area contributed by atoms with Crippen LogP contribution in [-0.2, 0) is 12.8 Å². The molecule has 0 saturated heterocycles. The number of guanidine groups is 1. The fourth-order valence-electron chi connectivity index (χ4n) is 2.34. The molecule has 0 radical (unpaired) electrons. The van der Waals surface area contributed by atoms with E-state index in [1.807, 2.05) is 25.1 Å². The predicted molar refractivity (Wildman–Crippen MR) is 120 cm³/mol. The summed E-state index contributed by atoms with van der Waals surface area (Å²) in [6.45, 7) is 6.57. The number of hydrogen-bond donors (Lipinski definition) is 2. The highest BCUT2D eigenvalue weighted by atomic mass is 127. The van der Waals surface area contributed by atoms with Gasteiger partial charge in [-0.2, -0.15) is 0 Å². The maximum absolute atomic E-state index is 6.18. The number of halogens is 2. The summed E-state index contributed by atoms with van der Waals surface area (Å²) in [5, 5.41) is 10.7. The highest BCUT2D eigenvalue weighted by Crippen LogP contribution is 2.16. The van der Waals surface area contributed by atoms with Crippen molar-refractivity contribution in [3.05, 3.63) is 50.9 Å². The van der Waals surface area contributed by atoms with Gasteiger partial charge in [-0.25, -0.2) is 4.98 Å². The molecule has 0 fully saturated rings. The molecule has 1 aromatic heterocycles. The summed E-state index contributed by atoms with van der Waals surface area (Å²) >= 11 is 7.87. The first kappa shape index (κ1) is 22.2. The van der Waals surface area contributed by atoms with Crippen LogP contribution in [0.2, 0.25) is 5.02 Å². The Hall–Kier alpha value is -0.860. The van der Waals surface area contributed by atoms with Crippen LogP contribution in [0.15, 0.2) is 34.6 Å². The van der Waals surface area contributed by atoms with Crippen molar-refractivity contribution >= 4 is 52.9 Å². The summed E-state index contributed by atoms with van der Waals surface area (Å²) in [6.07, 6.45) is 2.83. The Morgan fingerprint density at radius 2 is 2.04 bits per heavy atom. The van der Waals surface area contributed by atoms with Crippen LogP contribution in [0.4, 0.5) is 0 Å². The zero-order chi connectivity index (χ0) is 17.2. The number of aliphatic imine (C=N–C) groups is 1. The molecular formula is C18H26ClIN4S. The highest BCUT2D eigenvalue weighted by Gasteiger charge is 2.01. The molecule has 0 unspecified atom stereocenters. The van der Waals surface area contributed by atoms with Gasteiger partial charge in [0.2, 0.25) is 0 Å². The van der Waals surface area contributed by atoms with E-state index in [4.69, 9.17) is 11.6 Å². The largest absolute Gasteiger partial charge is 0.357 e. The van der Waals surface area contributed by atoms with Crippen molar-refractivity contribution in [2.24, 2.45) is 4.99 Å². The Kier molecular flexibility index (Phi) is 11.1. The monoisotopic (exact) mass is 492 g/mol. The predicted octanol–water partition coefficient (Wildman–Crippen LogP) is 4.45. The summed E-state index contributed by atoms with van der Waals surface area (Å²) in [5.41, 5.74) is 2.32. The molecule has 138 valence electrons. The van der Waals surface area contributed by atoms with Gasteiger partial charge in [0, 0.05) is 36.5 Å². The van der Waals surface area contributed by atoms with E-state index in [0.29, 0.717) is 0 Å². The maximum Gasteiger partial charge on any atom is 0.191 e. The molecule has 0 aliphatic carbocycles. The number of aromatic nitrogens is 1. The molecule has 2 rings (SSSR count). The van der Waals surface area contributed by atoms with Crippen LogP contribution in [0.1, 0.15) is 29.6 Å². The summed E-state index contributed by atoms with van der Waals surface area (Å²) in [7, 11) is 0. The van der Waals surface area contributed by atoms with Gasteiger partial charge in [-0.15, -0.1) is 35.3 Å². The van der Waals surface area contributed by atoms with Crippen LogP contribution in [0.5, 0.6) is 0 Å². The number of nitrogens with zero attached hydrogens (tertiary/aromatic N) is 2. The average molecular weight is 493 g/mol. The van der Waals surface area contributed by atoms with Crippen LogP contribution in [0.3, 0.4) is 0 Å². The molecule has 4 nitrogen and oxygen atoms in total.